The first-order chi connectivity index (χ1) is 9.60. The first-order valence-corrected chi connectivity index (χ1v) is 7.65. The Balaban J connectivity index is 2.54. The Hall–Kier alpha value is -1.46. The van der Waals surface area contributed by atoms with Crippen LogP contribution >= 0.6 is 11.8 Å². The molecule has 0 fully saturated rings. The number of ether oxygens (including phenoxy) is 1. The molecule has 0 spiro atoms. The van der Waals surface area contributed by atoms with E-state index >= 15 is 0 Å². The molecule has 0 bridgehead atoms. The second-order valence-electron chi connectivity index (χ2n) is 4.36. The highest BCUT2D eigenvalue weighted by molar-refractivity contribution is 7.99. The first kappa shape index (κ1) is 16.6. The minimum atomic E-state index is -0.166. The van der Waals surface area contributed by atoms with Crippen molar-refractivity contribution in [1.82, 2.24) is 5.32 Å². The lowest BCUT2D eigenvalue weighted by Gasteiger charge is -2.20. The Morgan fingerprint density at radius 1 is 1.45 bits per heavy atom. The van der Waals surface area contributed by atoms with Crippen molar-refractivity contribution >= 4 is 23.7 Å². The van der Waals surface area contributed by atoms with Gasteiger partial charge >= 0.3 is 0 Å². The van der Waals surface area contributed by atoms with E-state index in [1.165, 1.54) is 17.8 Å². The van der Waals surface area contributed by atoms with E-state index < -0.39 is 0 Å². The number of aliphatic hydroxyl groups is 1. The number of amides is 1. The lowest BCUT2D eigenvalue weighted by Crippen LogP contribution is -2.40. The fourth-order valence-corrected chi connectivity index (χ4v) is 2.31. The zero-order valence-electron chi connectivity index (χ0n) is 12.0. The molecule has 0 saturated carbocycles. The molecule has 1 aromatic carbocycles. The van der Waals surface area contributed by atoms with Crippen LogP contribution in [0.1, 0.15) is 12.5 Å². The predicted molar refractivity (Wildman–Crippen MR) is 84.0 cm³/mol. The van der Waals surface area contributed by atoms with Crippen LogP contribution in [0.5, 0.6) is 5.75 Å². The molecule has 0 aromatic heterocycles. The number of hydrogen-bond acceptors (Lipinski definition) is 4. The van der Waals surface area contributed by atoms with Crippen molar-refractivity contribution in [3.05, 3.63) is 35.9 Å². The van der Waals surface area contributed by atoms with Crippen LogP contribution in [0.2, 0.25) is 0 Å². The Morgan fingerprint density at radius 3 is 2.60 bits per heavy atom. The Labute approximate surface area is 124 Å². The highest BCUT2D eigenvalue weighted by Gasteiger charge is 2.15. The SMILES string of the molecule is COc1ccc(/C=C/C(=O)NC(C)C(CO)SC)cc1. The normalized spacial score (nSPS) is 14.0. The molecule has 4 nitrogen and oxygen atoms in total. The molecular formula is C15H21NO3S. The summed E-state index contributed by atoms with van der Waals surface area (Å²) in [6, 6.07) is 7.36. The van der Waals surface area contributed by atoms with E-state index in [-0.39, 0.29) is 23.8 Å². The van der Waals surface area contributed by atoms with Gasteiger partial charge in [0, 0.05) is 17.4 Å². The monoisotopic (exact) mass is 295 g/mol. The van der Waals surface area contributed by atoms with Gasteiger partial charge in [0.05, 0.1) is 13.7 Å². The summed E-state index contributed by atoms with van der Waals surface area (Å²) in [6.45, 7) is 1.93. The van der Waals surface area contributed by atoms with E-state index in [2.05, 4.69) is 5.32 Å². The summed E-state index contributed by atoms with van der Waals surface area (Å²) < 4.78 is 5.07. The number of nitrogens with one attached hydrogen (secondary N) is 1. The number of methoxy groups -OCH3 is 1. The van der Waals surface area contributed by atoms with Gasteiger partial charge in [-0.1, -0.05) is 12.1 Å². The summed E-state index contributed by atoms with van der Waals surface area (Å²) in [4.78, 5) is 11.8. The average molecular weight is 295 g/mol. The Kier molecular flexibility index (Phi) is 7.18. The predicted octanol–water partition coefficient (Wildman–Crippen LogP) is 1.94. The van der Waals surface area contributed by atoms with Crippen molar-refractivity contribution < 1.29 is 14.6 Å². The van der Waals surface area contributed by atoms with Gasteiger partial charge in [-0.05, 0) is 37.0 Å². The van der Waals surface area contributed by atoms with Crippen molar-refractivity contribution in [2.45, 2.75) is 18.2 Å². The molecule has 110 valence electrons. The van der Waals surface area contributed by atoms with Crippen molar-refractivity contribution in [1.29, 1.82) is 0 Å². The van der Waals surface area contributed by atoms with Crippen LogP contribution in [0, 0.1) is 0 Å². The van der Waals surface area contributed by atoms with Gasteiger partial charge in [-0.3, -0.25) is 4.79 Å². The maximum Gasteiger partial charge on any atom is 0.244 e. The molecule has 0 radical (unpaired) electrons. The minimum absolute atomic E-state index is 0.00772. The number of benzene rings is 1. The first-order valence-electron chi connectivity index (χ1n) is 6.37. The number of aliphatic hydroxyl groups excluding tert-OH is 1. The summed E-state index contributed by atoms with van der Waals surface area (Å²) in [5.74, 6) is 0.617. The lowest BCUT2D eigenvalue weighted by molar-refractivity contribution is -0.117. The maximum atomic E-state index is 11.8. The van der Waals surface area contributed by atoms with Gasteiger partial charge in [0.2, 0.25) is 5.91 Å². The van der Waals surface area contributed by atoms with Gasteiger partial charge in [0.1, 0.15) is 5.75 Å². The van der Waals surface area contributed by atoms with E-state index in [1.54, 1.807) is 13.2 Å². The van der Waals surface area contributed by atoms with Crippen molar-refractivity contribution in [2.75, 3.05) is 20.0 Å². The van der Waals surface area contributed by atoms with E-state index in [0.29, 0.717) is 0 Å². The van der Waals surface area contributed by atoms with Crippen LogP contribution in [0.25, 0.3) is 6.08 Å². The largest absolute Gasteiger partial charge is 0.497 e. The molecule has 0 heterocycles. The molecule has 1 rings (SSSR count). The molecule has 5 heteroatoms. The van der Waals surface area contributed by atoms with Crippen LogP contribution in [-0.4, -0.2) is 42.3 Å². The second kappa shape index (κ2) is 8.66. The topological polar surface area (TPSA) is 58.6 Å². The van der Waals surface area contributed by atoms with E-state index in [0.717, 1.165) is 11.3 Å². The summed E-state index contributed by atoms with van der Waals surface area (Å²) >= 11 is 1.54. The molecule has 1 aromatic rings. The third-order valence-electron chi connectivity index (χ3n) is 2.95. The number of carbonyl (C=O) groups excluding carboxylic acids is 1. The van der Waals surface area contributed by atoms with Crippen molar-refractivity contribution in [2.24, 2.45) is 0 Å². The second-order valence-corrected chi connectivity index (χ2v) is 5.44. The third kappa shape index (κ3) is 5.27. The Bertz CT molecular complexity index is 441. The molecule has 0 aliphatic rings. The van der Waals surface area contributed by atoms with Crippen LogP contribution in [0.15, 0.2) is 30.3 Å². The number of hydrogen-bond donors (Lipinski definition) is 2. The van der Waals surface area contributed by atoms with Crippen molar-refractivity contribution in [3.63, 3.8) is 0 Å². The average Bonchev–Trinajstić information content (AvgIpc) is 2.47. The fraction of sp³-hybridized carbons (Fsp3) is 0.400. The summed E-state index contributed by atoms with van der Waals surface area (Å²) in [5, 5.41) is 12.0. The summed E-state index contributed by atoms with van der Waals surface area (Å²) in [7, 11) is 1.61. The van der Waals surface area contributed by atoms with Gasteiger partial charge in [0.25, 0.3) is 0 Å². The van der Waals surface area contributed by atoms with E-state index in [9.17, 15) is 4.79 Å². The standard InChI is InChI=1S/C15H21NO3S/c1-11(14(10-17)20-3)16-15(18)9-6-12-4-7-13(19-2)8-5-12/h4-9,11,14,17H,10H2,1-3H3,(H,16,18)/b9-6+. The highest BCUT2D eigenvalue weighted by Crippen LogP contribution is 2.12. The van der Waals surface area contributed by atoms with Gasteiger partial charge < -0.3 is 15.2 Å². The van der Waals surface area contributed by atoms with Gasteiger partial charge in [-0.15, -0.1) is 0 Å². The fourth-order valence-electron chi connectivity index (χ4n) is 1.69. The summed E-state index contributed by atoms with van der Waals surface area (Å²) in [6.07, 6.45) is 5.15. The van der Waals surface area contributed by atoms with Gasteiger partial charge in [0.15, 0.2) is 0 Å². The maximum absolute atomic E-state index is 11.8. The zero-order valence-corrected chi connectivity index (χ0v) is 12.8. The quantitative estimate of drug-likeness (QED) is 0.755. The van der Waals surface area contributed by atoms with E-state index in [1.807, 2.05) is 37.4 Å². The molecule has 0 saturated heterocycles. The molecular weight excluding hydrogens is 274 g/mol. The number of thioether (sulfide) groups is 1. The van der Waals surface area contributed by atoms with Crippen molar-refractivity contribution in [3.8, 4) is 5.75 Å². The van der Waals surface area contributed by atoms with Gasteiger partial charge in [-0.2, -0.15) is 11.8 Å². The lowest BCUT2D eigenvalue weighted by atomic mass is 10.2. The van der Waals surface area contributed by atoms with Crippen LogP contribution < -0.4 is 10.1 Å². The van der Waals surface area contributed by atoms with Crippen LogP contribution in [-0.2, 0) is 4.79 Å². The molecule has 0 aliphatic heterocycles. The van der Waals surface area contributed by atoms with Crippen LogP contribution in [0.4, 0.5) is 0 Å². The highest BCUT2D eigenvalue weighted by atomic mass is 32.2. The number of rotatable bonds is 7. The molecule has 2 N–H and O–H groups in total. The Morgan fingerprint density at radius 2 is 2.10 bits per heavy atom. The molecule has 2 unspecified atom stereocenters. The molecule has 0 aliphatic carbocycles. The van der Waals surface area contributed by atoms with E-state index in [4.69, 9.17) is 9.84 Å². The van der Waals surface area contributed by atoms with Gasteiger partial charge in [-0.25, -0.2) is 0 Å². The molecule has 1 amide bonds. The zero-order chi connectivity index (χ0) is 15.0. The minimum Gasteiger partial charge on any atom is -0.497 e. The third-order valence-corrected chi connectivity index (χ3v) is 4.12. The summed E-state index contributed by atoms with van der Waals surface area (Å²) in [5.41, 5.74) is 0.928. The molecule has 2 atom stereocenters. The van der Waals surface area contributed by atoms with Crippen LogP contribution in [0.3, 0.4) is 0 Å². The smallest absolute Gasteiger partial charge is 0.244 e. The molecule has 20 heavy (non-hydrogen) atoms. The number of carbonyl (C=O) groups is 1.